The highest BCUT2D eigenvalue weighted by Crippen LogP contribution is 2.30. The van der Waals surface area contributed by atoms with Gasteiger partial charge in [-0.15, -0.1) is 9.46 Å². The second kappa shape index (κ2) is 6.89. The maximum absolute atomic E-state index is 14.7. The molecule has 0 aliphatic rings. The molecule has 0 unspecified atom stereocenters. The number of benzene rings is 1. The summed E-state index contributed by atoms with van der Waals surface area (Å²) in [5.41, 5.74) is -2.70. The fraction of sp³-hybridized carbons (Fsp3) is 0.308. The van der Waals surface area contributed by atoms with Gasteiger partial charge in [0.25, 0.3) is 6.43 Å². The highest BCUT2D eigenvalue weighted by molar-refractivity contribution is 7.61. The molecular formula is C13H10F3N5O3S. The molecule has 0 saturated heterocycles. The largest absolute Gasteiger partial charge is 0.350 e. The van der Waals surface area contributed by atoms with Crippen LogP contribution in [0.4, 0.5) is 18.9 Å². The maximum atomic E-state index is 14.7. The van der Waals surface area contributed by atoms with Gasteiger partial charge in [-0.05, 0) is 25.5 Å². The average molecular weight is 373 g/mol. The minimum Gasteiger partial charge on any atom is -0.274 e. The Kier molecular flexibility index (Phi) is 5.07. The molecule has 12 heteroatoms. The lowest BCUT2D eigenvalue weighted by Crippen LogP contribution is -2.24. The monoisotopic (exact) mass is 373 g/mol. The van der Waals surface area contributed by atoms with Crippen molar-refractivity contribution >= 4 is 16.2 Å². The summed E-state index contributed by atoms with van der Waals surface area (Å²) >= 11 is 0. The fourth-order valence-electron chi connectivity index (χ4n) is 2.24. The molecule has 0 aliphatic heterocycles. The highest BCUT2D eigenvalue weighted by atomic mass is 32.2. The molecule has 8 nitrogen and oxygen atoms in total. The van der Waals surface area contributed by atoms with E-state index in [0.717, 1.165) is 6.07 Å². The third kappa shape index (κ3) is 3.18. The Bertz CT molecular complexity index is 1070. The molecule has 25 heavy (non-hydrogen) atoms. The van der Waals surface area contributed by atoms with Gasteiger partial charge in [-0.3, -0.25) is 4.57 Å². The van der Waals surface area contributed by atoms with Gasteiger partial charge in [0.15, 0.2) is 5.82 Å². The lowest BCUT2D eigenvalue weighted by Gasteiger charge is -2.08. The summed E-state index contributed by atoms with van der Waals surface area (Å²) in [4.78, 5) is 12.2. The van der Waals surface area contributed by atoms with Gasteiger partial charge in [0.2, 0.25) is 5.82 Å². The number of aromatic nitrogens is 3. The molecule has 0 bridgehead atoms. The third-order valence-electron chi connectivity index (χ3n) is 3.33. The number of rotatable bonds is 4. The molecular weight excluding hydrogens is 363 g/mol. The summed E-state index contributed by atoms with van der Waals surface area (Å²) in [6.45, 7) is 2.66. The van der Waals surface area contributed by atoms with Crippen LogP contribution in [-0.4, -0.2) is 22.8 Å². The summed E-state index contributed by atoms with van der Waals surface area (Å²) in [6, 6.07) is 2.64. The lowest BCUT2D eigenvalue weighted by atomic mass is 10.1. The zero-order valence-electron chi connectivity index (χ0n) is 12.9. The molecule has 0 saturated carbocycles. The molecule has 0 radical (unpaired) electrons. The van der Waals surface area contributed by atoms with Crippen LogP contribution in [-0.2, 0) is 17.0 Å². The highest BCUT2D eigenvalue weighted by Gasteiger charge is 2.25. The molecule has 1 heterocycles. The SMILES string of the molecule is CCn1c(C(F)F)nn(-c2cc(C)c(C#N)c(N=S(=O)=O)c2F)c1=O. The molecule has 1 aromatic carbocycles. The van der Waals surface area contributed by atoms with E-state index in [9.17, 15) is 26.4 Å². The predicted molar refractivity (Wildman–Crippen MR) is 78.9 cm³/mol. The maximum Gasteiger partial charge on any atom is 0.350 e. The van der Waals surface area contributed by atoms with E-state index < -0.39 is 45.6 Å². The lowest BCUT2D eigenvalue weighted by molar-refractivity contribution is 0.134. The summed E-state index contributed by atoms with van der Waals surface area (Å²) in [5.74, 6) is -2.20. The molecule has 0 aliphatic carbocycles. The summed E-state index contributed by atoms with van der Waals surface area (Å²) in [5, 5.41) is 12.5. The summed E-state index contributed by atoms with van der Waals surface area (Å²) in [6.07, 6.45) is -3.07. The predicted octanol–water partition coefficient (Wildman–Crippen LogP) is 2.00. The molecule has 0 fully saturated rings. The minimum atomic E-state index is -3.07. The van der Waals surface area contributed by atoms with E-state index in [0.29, 0.717) is 9.25 Å². The molecule has 0 atom stereocenters. The van der Waals surface area contributed by atoms with E-state index in [-0.39, 0.29) is 17.7 Å². The molecule has 2 aromatic rings. The van der Waals surface area contributed by atoms with Gasteiger partial charge in [0.05, 0.1) is 5.56 Å². The van der Waals surface area contributed by atoms with Gasteiger partial charge in [0, 0.05) is 6.54 Å². The van der Waals surface area contributed by atoms with Crippen LogP contribution in [0, 0.1) is 24.1 Å². The van der Waals surface area contributed by atoms with Gasteiger partial charge in [-0.1, -0.05) is 0 Å². The number of hydrogen-bond acceptors (Lipinski definition) is 6. The van der Waals surface area contributed by atoms with E-state index in [1.165, 1.54) is 13.8 Å². The van der Waals surface area contributed by atoms with Gasteiger partial charge >= 0.3 is 16.2 Å². The zero-order valence-corrected chi connectivity index (χ0v) is 13.7. The van der Waals surface area contributed by atoms with E-state index in [1.807, 2.05) is 0 Å². The van der Waals surface area contributed by atoms with E-state index in [2.05, 4.69) is 9.46 Å². The van der Waals surface area contributed by atoms with Crippen LogP contribution in [0.5, 0.6) is 0 Å². The smallest absolute Gasteiger partial charge is 0.274 e. The van der Waals surface area contributed by atoms with E-state index >= 15 is 0 Å². The van der Waals surface area contributed by atoms with Crippen LogP contribution < -0.4 is 5.69 Å². The van der Waals surface area contributed by atoms with Crippen LogP contribution in [0.15, 0.2) is 15.2 Å². The van der Waals surface area contributed by atoms with Crippen LogP contribution in [0.1, 0.15) is 30.3 Å². The van der Waals surface area contributed by atoms with E-state index in [1.54, 1.807) is 6.07 Å². The summed E-state index contributed by atoms with van der Waals surface area (Å²) in [7, 11) is -3.07. The quantitative estimate of drug-likeness (QED) is 0.814. The first-order valence-electron chi connectivity index (χ1n) is 6.75. The van der Waals surface area contributed by atoms with Gasteiger partial charge < -0.3 is 0 Å². The van der Waals surface area contributed by atoms with Gasteiger partial charge in [0.1, 0.15) is 17.4 Å². The Balaban J connectivity index is 2.92. The van der Waals surface area contributed by atoms with Crippen molar-refractivity contribution in [1.82, 2.24) is 14.3 Å². The molecule has 1 aromatic heterocycles. The van der Waals surface area contributed by atoms with Crippen LogP contribution in [0.25, 0.3) is 5.69 Å². The Morgan fingerprint density at radius 3 is 2.52 bits per heavy atom. The summed E-state index contributed by atoms with van der Waals surface area (Å²) < 4.78 is 66.3. The molecule has 0 N–H and O–H groups in total. The zero-order chi connectivity index (χ0) is 18.9. The second-order valence-corrected chi connectivity index (χ2v) is 5.38. The van der Waals surface area contributed by atoms with Gasteiger partial charge in [-0.25, -0.2) is 18.0 Å². The number of alkyl halides is 2. The first kappa shape index (κ1) is 18.4. The van der Waals surface area contributed by atoms with Crippen molar-refractivity contribution in [2.75, 3.05) is 0 Å². The first-order valence-corrected chi connectivity index (χ1v) is 7.78. The Labute approximate surface area is 140 Å². The minimum absolute atomic E-state index is 0.0969. The third-order valence-corrected chi connectivity index (χ3v) is 3.66. The van der Waals surface area contributed by atoms with Crippen LogP contribution in [0.3, 0.4) is 0 Å². The Morgan fingerprint density at radius 1 is 1.44 bits per heavy atom. The number of nitriles is 1. The standard InChI is InChI=1S/C13H10F3N5O3S/c1-3-20-12(11(15)16)18-21(13(20)22)8-4-6(2)7(5-17)10(9(8)14)19-25(23)24/h4,11H,3H2,1-2H3. The van der Waals surface area contributed by atoms with Crippen LogP contribution in [0.2, 0.25) is 0 Å². The average Bonchev–Trinajstić information content (AvgIpc) is 2.87. The number of aryl methyl sites for hydroxylation is 1. The van der Waals surface area contributed by atoms with Gasteiger partial charge in [-0.2, -0.15) is 18.4 Å². The Morgan fingerprint density at radius 2 is 2.08 bits per heavy atom. The number of halogens is 3. The second-order valence-electron chi connectivity index (χ2n) is 4.77. The van der Waals surface area contributed by atoms with Crippen molar-refractivity contribution < 1.29 is 21.6 Å². The van der Waals surface area contributed by atoms with Crippen molar-refractivity contribution in [1.29, 1.82) is 5.26 Å². The molecule has 132 valence electrons. The van der Waals surface area contributed by atoms with Crippen molar-refractivity contribution in [3.8, 4) is 11.8 Å². The van der Waals surface area contributed by atoms with Crippen LogP contribution >= 0.6 is 0 Å². The fourth-order valence-corrected chi connectivity index (χ4v) is 2.56. The van der Waals surface area contributed by atoms with Crippen molar-refractivity contribution in [2.45, 2.75) is 26.8 Å². The number of nitrogens with zero attached hydrogens (tertiary/aromatic N) is 5. The Hall–Kier alpha value is -2.94. The number of hydrogen-bond donors (Lipinski definition) is 0. The van der Waals surface area contributed by atoms with Crippen molar-refractivity contribution in [3.63, 3.8) is 0 Å². The normalized spacial score (nSPS) is 10.8. The molecule has 0 amide bonds. The topological polar surface area (TPSA) is 110 Å². The van der Waals surface area contributed by atoms with Crippen molar-refractivity contribution in [2.24, 2.45) is 4.36 Å². The van der Waals surface area contributed by atoms with Crippen molar-refractivity contribution in [3.05, 3.63) is 39.3 Å². The van der Waals surface area contributed by atoms with E-state index in [4.69, 9.17) is 5.26 Å². The molecule has 0 spiro atoms. The molecule has 2 rings (SSSR count). The first-order chi connectivity index (χ1) is 11.7.